The van der Waals surface area contributed by atoms with E-state index in [1.54, 1.807) is 6.07 Å². The molecule has 0 nitrogen and oxygen atoms in total. The highest BCUT2D eigenvalue weighted by molar-refractivity contribution is 9.09. The van der Waals surface area contributed by atoms with E-state index in [2.05, 4.69) is 22.9 Å². The first-order valence-electron chi connectivity index (χ1n) is 5.48. The van der Waals surface area contributed by atoms with Gasteiger partial charge in [0, 0.05) is 5.33 Å². The van der Waals surface area contributed by atoms with Crippen LogP contribution in [0.4, 0.5) is 4.39 Å². The molecule has 0 amide bonds. The van der Waals surface area contributed by atoms with Crippen LogP contribution in [0, 0.1) is 18.7 Å². The highest BCUT2D eigenvalue weighted by Crippen LogP contribution is 2.19. The van der Waals surface area contributed by atoms with E-state index in [1.807, 2.05) is 13.0 Å². The minimum atomic E-state index is -0.125. The highest BCUT2D eigenvalue weighted by Gasteiger charge is 2.09. The number of aryl methyl sites for hydroxylation is 1. The van der Waals surface area contributed by atoms with Crippen molar-refractivity contribution < 1.29 is 4.39 Å². The summed E-state index contributed by atoms with van der Waals surface area (Å²) in [4.78, 5) is 0. The van der Waals surface area contributed by atoms with Crippen molar-refractivity contribution in [3.63, 3.8) is 0 Å². The van der Waals surface area contributed by atoms with E-state index in [0.29, 0.717) is 5.92 Å². The molecule has 1 rings (SSSR count). The van der Waals surface area contributed by atoms with E-state index < -0.39 is 0 Å². The van der Waals surface area contributed by atoms with Gasteiger partial charge in [-0.05, 0) is 48.9 Å². The number of alkyl halides is 1. The summed E-state index contributed by atoms with van der Waals surface area (Å²) in [7, 11) is 0. The maximum atomic E-state index is 13.1. The van der Waals surface area contributed by atoms with Crippen molar-refractivity contribution in [2.24, 2.45) is 5.92 Å². The van der Waals surface area contributed by atoms with Crippen LogP contribution in [-0.4, -0.2) is 5.33 Å². The lowest BCUT2D eigenvalue weighted by Gasteiger charge is -2.14. The topological polar surface area (TPSA) is 0 Å². The Morgan fingerprint density at radius 3 is 2.73 bits per heavy atom. The maximum absolute atomic E-state index is 13.1. The molecule has 0 aromatic heterocycles. The Hall–Kier alpha value is -0.370. The zero-order valence-corrected chi connectivity index (χ0v) is 11.0. The first kappa shape index (κ1) is 12.7. The van der Waals surface area contributed by atoms with Crippen LogP contribution in [0.1, 0.15) is 30.9 Å². The largest absolute Gasteiger partial charge is 0.207 e. The Bertz CT molecular complexity index is 309. The van der Waals surface area contributed by atoms with Crippen molar-refractivity contribution in [3.8, 4) is 0 Å². The molecule has 1 aromatic rings. The Labute approximate surface area is 100 Å². The van der Waals surface area contributed by atoms with E-state index >= 15 is 0 Å². The fourth-order valence-corrected chi connectivity index (χ4v) is 2.37. The summed E-state index contributed by atoms with van der Waals surface area (Å²) in [6, 6.07) is 5.06. The van der Waals surface area contributed by atoms with Crippen LogP contribution in [0.5, 0.6) is 0 Å². The SMILES string of the molecule is CCCC(CBr)Cc1cc(F)ccc1C. The molecule has 0 fully saturated rings. The maximum Gasteiger partial charge on any atom is 0.123 e. The molecule has 0 aliphatic carbocycles. The van der Waals surface area contributed by atoms with Crippen LogP contribution in [0.15, 0.2) is 18.2 Å². The van der Waals surface area contributed by atoms with Gasteiger partial charge in [0.25, 0.3) is 0 Å². The van der Waals surface area contributed by atoms with E-state index in [9.17, 15) is 4.39 Å². The summed E-state index contributed by atoms with van der Waals surface area (Å²) >= 11 is 3.52. The molecule has 0 saturated carbocycles. The van der Waals surface area contributed by atoms with Crippen LogP contribution < -0.4 is 0 Å². The number of benzene rings is 1. The summed E-state index contributed by atoms with van der Waals surface area (Å²) in [5.74, 6) is 0.496. The highest BCUT2D eigenvalue weighted by atomic mass is 79.9. The lowest BCUT2D eigenvalue weighted by molar-refractivity contribution is 0.530. The summed E-state index contributed by atoms with van der Waals surface area (Å²) in [6.45, 7) is 4.24. The smallest absolute Gasteiger partial charge is 0.123 e. The molecule has 84 valence electrons. The van der Waals surface area contributed by atoms with Gasteiger partial charge in [0.1, 0.15) is 5.82 Å². The van der Waals surface area contributed by atoms with Crippen molar-refractivity contribution >= 4 is 15.9 Å². The third-order valence-corrected chi connectivity index (χ3v) is 3.65. The lowest BCUT2D eigenvalue weighted by atomic mass is 9.94. The van der Waals surface area contributed by atoms with Crippen LogP contribution in [0.3, 0.4) is 0 Å². The summed E-state index contributed by atoms with van der Waals surface area (Å²) in [5, 5.41) is 0.997. The minimum Gasteiger partial charge on any atom is -0.207 e. The predicted octanol–water partition coefficient (Wildman–Crippen LogP) is 4.49. The van der Waals surface area contributed by atoms with Gasteiger partial charge in [-0.15, -0.1) is 0 Å². The Morgan fingerprint density at radius 1 is 1.40 bits per heavy atom. The van der Waals surface area contributed by atoms with Gasteiger partial charge in [-0.3, -0.25) is 0 Å². The van der Waals surface area contributed by atoms with Gasteiger partial charge in [-0.2, -0.15) is 0 Å². The monoisotopic (exact) mass is 272 g/mol. The second-order valence-corrected chi connectivity index (χ2v) is 4.73. The minimum absolute atomic E-state index is 0.125. The molecular formula is C13H18BrF. The first-order chi connectivity index (χ1) is 7.17. The first-order valence-corrected chi connectivity index (χ1v) is 6.60. The van der Waals surface area contributed by atoms with Gasteiger partial charge in [-0.1, -0.05) is 35.3 Å². The second kappa shape index (κ2) is 6.26. The second-order valence-electron chi connectivity index (χ2n) is 4.08. The van der Waals surface area contributed by atoms with Crippen molar-refractivity contribution in [1.82, 2.24) is 0 Å². The number of halogens is 2. The van der Waals surface area contributed by atoms with E-state index in [-0.39, 0.29) is 5.82 Å². The Kier molecular flexibility index (Phi) is 5.30. The molecule has 0 N–H and O–H groups in total. The van der Waals surface area contributed by atoms with Gasteiger partial charge in [-0.25, -0.2) is 4.39 Å². The third-order valence-electron chi connectivity index (χ3n) is 2.73. The molecule has 0 aliphatic heterocycles. The van der Waals surface area contributed by atoms with Crippen molar-refractivity contribution in [1.29, 1.82) is 0 Å². The van der Waals surface area contributed by atoms with Crippen LogP contribution in [0.25, 0.3) is 0 Å². The van der Waals surface area contributed by atoms with E-state index in [4.69, 9.17) is 0 Å². The molecule has 0 saturated heterocycles. The van der Waals surface area contributed by atoms with Gasteiger partial charge in [0.05, 0.1) is 0 Å². The van der Waals surface area contributed by atoms with Crippen LogP contribution in [-0.2, 0) is 6.42 Å². The van der Waals surface area contributed by atoms with Gasteiger partial charge in [0.15, 0.2) is 0 Å². The summed E-state index contributed by atoms with van der Waals surface area (Å²) in [5.41, 5.74) is 2.34. The zero-order valence-electron chi connectivity index (χ0n) is 9.39. The number of rotatable bonds is 5. The molecular weight excluding hydrogens is 255 g/mol. The summed E-state index contributed by atoms with van der Waals surface area (Å²) in [6.07, 6.45) is 3.36. The summed E-state index contributed by atoms with van der Waals surface area (Å²) < 4.78 is 13.1. The van der Waals surface area contributed by atoms with E-state index in [0.717, 1.165) is 17.3 Å². The zero-order chi connectivity index (χ0) is 11.3. The fraction of sp³-hybridized carbons (Fsp3) is 0.538. The quantitative estimate of drug-likeness (QED) is 0.693. The fourth-order valence-electron chi connectivity index (χ4n) is 1.81. The van der Waals surface area contributed by atoms with Gasteiger partial charge in [0.2, 0.25) is 0 Å². The van der Waals surface area contributed by atoms with Crippen LogP contribution in [0.2, 0.25) is 0 Å². The molecule has 15 heavy (non-hydrogen) atoms. The van der Waals surface area contributed by atoms with Crippen molar-refractivity contribution in [3.05, 3.63) is 35.1 Å². The third kappa shape index (κ3) is 3.94. The predicted molar refractivity (Wildman–Crippen MR) is 67.0 cm³/mol. The number of hydrogen-bond acceptors (Lipinski definition) is 0. The molecule has 1 aromatic carbocycles. The lowest BCUT2D eigenvalue weighted by Crippen LogP contribution is -2.07. The normalized spacial score (nSPS) is 12.8. The standard InChI is InChI=1S/C13H18BrF/c1-3-4-11(9-14)7-12-8-13(15)6-5-10(12)2/h5-6,8,11H,3-4,7,9H2,1-2H3. The van der Waals surface area contributed by atoms with Gasteiger partial charge < -0.3 is 0 Å². The molecule has 2 heteroatoms. The average Bonchev–Trinajstić information content (AvgIpc) is 2.22. The van der Waals surface area contributed by atoms with Crippen molar-refractivity contribution in [2.45, 2.75) is 33.1 Å². The average molecular weight is 273 g/mol. The molecule has 1 unspecified atom stereocenters. The van der Waals surface area contributed by atoms with Gasteiger partial charge >= 0.3 is 0 Å². The van der Waals surface area contributed by atoms with Crippen LogP contribution >= 0.6 is 15.9 Å². The molecule has 0 spiro atoms. The van der Waals surface area contributed by atoms with E-state index in [1.165, 1.54) is 24.5 Å². The van der Waals surface area contributed by atoms with Crippen molar-refractivity contribution in [2.75, 3.05) is 5.33 Å². The molecule has 1 atom stereocenters. The molecule has 0 heterocycles. The molecule has 0 radical (unpaired) electrons. The molecule has 0 bridgehead atoms. The molecule has 0 aliphatic rings. The number of hydrogen-bond donors (Lipinski definition) is 0. The Balaban J connectivity index is 2.73. The Morgan fingerprint density at radius 2 is 2.13 bits per heavy atom.